The highest BCUT2D eigenvalue weighted by Crippen LogP contribution is 2.34. The average molecular weight is 343 g/mol. The third kappa shape index (κ3) is 4.00. The quantitative estimate of drug-likeness (QED) is 0.883. The number of benzene rings is 1. The van der Waals surface area contributed by atoms with Gasteiger partial charge in [-0.3, -0.25) is 4.79 Å². The number of hydrogen-bond acceptors (Lipinski definition) is 4. The van der Waals surface area contributed by atoms with Gasteiger partial charge in [0, 0.05) is 23.5 Å². The molecule has 0 aromatic heterocycles. The maximum atomic E-state index is 14.7. The van der Waals surface area contributed by atoms with Gasteiger partial charge < -0.3 is 9.84 Å². The summed E-state index contributed by atoms with van der Waals surface area (Å²) in [5, 5.41) is 13.9. The molecule has 1 unspecified atom stereocenters. The first kappa shape index (κ1) is 17.7. The Balaban J connectivity index is 2.40. The second kappa shape index (κ2) is 6.45. The molecule has 2 N–H and O–H groups in total. The van der Waals surface area contributed by atoms with E-state index in [2.05, 4.69) is 10.5 Å². The molecule has 1 atom stereocenters. The normalized spacial score (nSPS) is 18.5. The van der Waals surface area contributed by atoms with Crippen LogP contribution in [0, 0.1) is 18.7 Å². The molecule has 0 fully saturated rings. The van der Waals surface area contributed by atoms with Crippen molar-refractivity contribution >= 4 is 23.2 Å². The first-order valence-corrected chi connectivity index (χ1v) is 7.68. The largest absolute Gasteiger partial charge is 0.489 e. The summed E-state index contributed by atoms with van der Waals surface area (Å²) in [5.41, 5.74) is 2.23. The second-order valence-electron chi connectivity index (χ2n) is 6.41. The lowest BCUT2D eigenvalue weighted by atomic mass is 9.92. The number of hydrogen-bond donors (Lipinski definition) is 2. The Morgan fingerprint density at radius 1 is 1.57 bits per heavy atom. The Hall–Kier alpha value is -1.66. The van der Waals surface area contributed by atoms with Gasteiger partial charge in [0.15, 0.2) is 0 Å². The van der Waals surface area contributed by atoms with Crippen LogP contribution >= 0.6 is 11.6 Å². The Bertz CT molecular complexity index is 668. The number of amides is 1. The van der Waals surface area contributed by atoms with Crippen molar-refractivity contribution in [2.24, 2.45) is 11.0 Å². The molecule has 1 amide bonds. The van der Waals surface area contributed by atoms with E-state index in [1.807, 2.05) is 0 Å². The maximum absolute atomic E-state index is 14.7. The molecule has 1 aromatic rings. The number of carbonyl (C=O) groups is 1. The summed E-state index contributed by atoms with van der Waals surface area (Å²) in [6.45, 7) is 6.51. The van der Waals surface area contributed by atoms with Crippen LogP contribution in [0.5, 0.6) is 5.75 Å². The molecule has 0 spiro atoms. The molecular formula is C16H20ClFN2O3. The zero-order chi connectivity index (χ0) is 17.4. The molecule has 126 valence electrons. The molecule has 1 aliphatic rings. The minimum atomic E-state index is -1.06. The van der Waals surface area contributed by atoms with E-state index in [1.54, 1.807) is 27.7 Å². The van der Waals surface area contributed by atoms with Crippen LogP contribution in [0.15, 0.2) is 11.2 Å². The van der Waals surface area contributed by atoms with E-state index < -0.39 is 11.4 Å². The summed E-state index contributed by atoms with van der Waals surface area (Å²) in [7, 11) is 0. The van der Waals surface area contributed by atoms with Crippen LogP contribution in [0.4, 0.5) is 4.39 Å². The number of nitrogens with zero attached hydrogens (tertiary/aromatic N) is 1. The molecule has 5 nitrogen and oxygen atoms in total. The van der Waals surface area contributed by atoms with Crippen LogP contribution in [0.2, 0.25) is 5.02 Å². The fraction of sp³-hybridized carbons (Fsp3) is 0.500. The van der Waals surface area contributed by atoms with Crippen molar-refractivity contribution in [1.82, 2.24) is 5.43 Å². The van der Waals surface area contributed by atoms with Gasteiger partial charge in [0.1, 0.15) is 18.2 Å². The van der Waals surface area contributed by atoms with Crippen molar-refractivity contribution in [3.05, 3.63) is 28.0 Å². The highest BCUT2D eigenvalue weighted by molar-refractivity contribution is 6.32. The molecule has 1 aromatic carbocycles. The van der Waals surface area contributed by atoms with Gasteiger partial charge in [-0.1, -0.05) is 18.5 Å². The van der Waals surface area contributed by atoms with Gasteiger partial charge in [-0.15, -0.1) is 0 Å². The number of ether oxygens (including phenoxy) is 1. The van der Waals surface area contributed by atoms with Crippen LogP contribution in [-0.2, 0) is 4.79 Å². The van der Waals surface area contributed by atoms with Gasteiger partial charge in [-0.05, 0) is 26.8 Å². The van der Waals surface area contributed by atoms with Crippen molar-refractivity contribution in [1.29, 1.82) is 0 Å². The van der Waals surface area contributed by atoms with Gasteiger partial charge in [-0.25, -0.2) is 9.82 Å². The molecule has 0 saturated carbocycles. The molecule has 7 heteroatoms. The number of rotatable bonds is 4. The lowest BCUT2D eigenvalue weighted by Crippen LogP contribution is -2.32. The predicted octanol–water partition coefficient (Wildman–Crippen LogP) is 2.80. The zero-order valence-corrected chi connectivity index (χ0v) is 14.3. The Morgan fingerprint density at radius 3 is 2.78 bits per heavy atom. The number of nitrogens with one attached hydrogen (secondary N) is 1. The van der Waals surface area contributed by atoms with Gasteiger partial charge in [0.05, 0.1) is 16.3 Å². The summed E-state index contributed by atoms with van der Waals surface area (Å²) in [5.74, 6) is -0.712. The third-order valence-corrected chi connectivity index (χ3v) is 3.78. The molecule has 0 aliphatic carbocycles. The Kier molecular flexibility index (Phi) is 4.96. The monoisotopic (exact) mass is 342 g/mol. The van der Waals surface area contributed by atoms with Crippen molar-refractivity contribution in [3.63, 3.8) is 0 Å². The van der Waals surface area contributed by atoms with E-state index >= 15 is 0 Å². The fourth-order valence-corrected chi connectivity index (χ4v) is 2.63. The Morgan fingerprint density at radius 2 is 2.22 bits per heavy atom. The predicted molar refractivity (Wildman–Crippen MR) is 86.4 cm³/mol. The van der Waals surface area contributed by atoms with Crippen LogP contribution in [0.3, 0.4) is 0 Å². The average Bonchev–Trinajstić information content (AvgIpc) is 2.42. The molecule has 0 saturated heterocycles. The molecule has 0 radical (unpaired) electrons. The number of halogens is 2. The van der Waals surface area contributed by atoms with Gasteiger partial charge in [0.2, 0.25) is 5.91 Å². The van der Waals surface area contributed by atoms with Gasteiger partial charge in [0.25, 0.3) is 0 Å². The number of carbonyl (C=O) groups excluding carboxylic acids is 1. The zero-order valence-electron chi connectivity index (χ0n) is 13.5. The molecule has 23 heavy (non-hydrogen) atoms. The lowest BCUT2D eigenvalue weighted by Gasteiger charge is -2.23. The van der Waals surface area contributed by atoms with E-state index in [9.17, 15) is 14.3 Å². The Labute approximate surface area is 139 Å². The topological polar surface area (TPSA) is 70.9 Å². The van der Waals surface area contributed by atoms with Crippen LogP contribution in [0.25, 0.3) is 0 Å². The van der Waals surface area contributed by atoms with Crippen LogP contribution < -0.4 is 10.2 Å². The summed E-state index contributed by atoms with van der Waals surface area (Å²) in [6.07, 6.45) is 0.242. The molecule has 1 heterocycles. The smallest absolute Gasteiger partial charge is 0.240 e. The molecule has 1 aliphatic heterocycles. The maximum Gasteiger partial charge on any atom is 0.240 e. The summed E-state index contributed by atoms with van der Waals surface area (Å²) < 4.78 is 20.2. The minimum Gasteiger partial charge on any atom is -0.489 e. The fourth-order valence-electron chi connectivity index (χ4n) is 2.33. The highest BCUT2D eigenvalue weighted by atomic mass is 35.5. The minimum absolute atomic E-state index is 0.0141. The van der Waals surface area contributed by atoms with Crippen molar-refractivity contribution < 1.29 is 19.0 Å². The first-order chi connectivity index (χ1) is 10.6. The summed E-state index contributed by atoms with van der Waals surface area (Å²) in [4.78, 5) is 11.3. The van der Waals surface area contributed by atoms with E-state index in [1.165, 1.54) is 6.07 Å². The number of hydrazone groups is 1. The van der Waals surface area contributed by atoms with E-state index in [-0.39, 0.29) is 46.8 Å². The van der Waals surface area contributed by atoms with Crippen molar-refractivity contribution in [3.8, 4) is 5.75 Å². The summed E-state index contributed by atoms with van der Waals surface area (Å²) in [6, 6.07) is 1.44. The van der Waals surface area contributed by atoms with Gasteiger partial charge >= 0.3 is 0 Å². The SMILES string of the molecule is Cc1c(F)c(C2=NNC(=O)CC2C)cc(Cl)c1OCC(C)(C)O. The van der Waals surface area contributed by atoms with Crippen molar-refractivity contribution in [2.75, 3.05) is 6.61 Å². The lowest BCUT2D eigenvalue weighted by molar-refractivity contribution is -0.121. The summed E-state index contributed by atoms with van der Waals surface area (Å²) >= 11 is 6.22. The molecule has 0 bridgehead atoms. The second-order valence-corrected chi connectivity index (χ2v) is 6.82. The molecule has 2 rings (SSSR count). The van der Waals surface area contributed by atoms with Crippen LogP contribution in [0.1, 0.15) is 38.3 Å². The van der Waals surface area contributed by atoms with Crippen LogP contribution in [-0.4, -0.2) is 28.9 Å². The van der Waals surface area contributed by atoms with Gasteiger partial charge in [-0.2, -0.15) is 5.10 Å². The first-order valence-electron chi connectivity index (χ1n) is 7.30. The van der Waals surface area contributed by atoms with Crippen molar-refractivity contribution in [2.45, 2.75) is 39.7 Å². The number of aliphatic hydroxyl groups is 1. The van der Waals surface area contributed by atoms with E-state index in [0.29, 0.717) is 5.71 Å². The standard InChI is InChI=1S/C16H20ClFN2O3/c1-8-5-12(21)19-20-14(8)10-6-11(17)15(9(2)13(10)18)23-7-16(3,4)22/h6,8,22H,5,7H2,1-4H3,(H,19,21). The van der Waals surface area contributed by atoms with E-state index in [0.717, 1.165) is 0 Å². The third-order valence-electron chi connectivity index (χ3n) is 3.50. The molecular weight excluding hydrogens is 323 g/mol. The highest BCUT2D eigenvalue weighted by Gasteiger charge is 2.27. The van der Waals surface area contributed by atoms with E-state index in [4.69, 9.17) is 16.3 Å².